The van der Waals surface area contributed by atoms with E-state index in [2.05, 4.69) is 30.7 Å². The zero-order valence-corrected chi connectivity index (χ0v) is 14.0. The van der Waals surface area contributed by atoms with Gasteiger partial charge >= 0.3 is 5.69 Å². The van der Waals surface area contributed by atoms with Crippen molar-refractivity contribution in [3.8, 4) is 0 Å². The summed E-state index contributed by atoms with van der Waals surface area (Å²) >= 11 is 1.40. The molecule has 2 aromatic heterocycles. The second kappa shape index (κ2) is 5.29. The van der Waals surface area contributed by atoms with Crippen molar-refractivity contribution in [2.75, 3.05) is 6.26 Å². The topological polar surface area (TPSA) is 69.8 Å². The van der Waals surface area contributed by atoms with Gasteiger partial charge in [-0.15, -0.1) is 11.8 Å². The lowest BCUT2D eigenvalue weighted by Crippen LogP contribution is -2.38. The molecule has 0 atom stereocenters. The van der Waals surface area contributed by atoms with E-state index in [-0.39, 0.29) is 16.7 Å². The predicted octanol–water partition coefficient (Wildman–Crippen LogP) is 1.34. The molecule has 114 valence electrons. The fourth-order valence-corrected chi connectivity index (χ4v) is 2.75. The second-order valence-corrected chi connectivity index (χ2v) is 7.09. The number of hydrogen-bond acceptors (Lipinski definition) is 5. The van der Waals surface area contributed by atoms with Crippen LogP contribution in [0.3, 0.4) is 0 Å². The van der Waals surface area contributed by atoms with Crippen LogP contribution in [0, 0.1) is 5.41 Å². The number of aryl methyl sites for hydroxylation is 1. The maximum atomic E-state index is 12.3. The van der Waals surface area contributed by atoms with Crippen molar-refractivity contribution in [2.45, 2.75) is 32.2 Å². The van der Waals surface area contributed by atoms with Crippen molar-refractivity contribution in [1.29, 1.82) is 0 Å². The molecule has 0 aliphatic carbocycles. The molecule has 0 unspecified atom stereocenters. The maximum absolute atomic E-state index is 12.3. The molecule has 0 bridgehead atoms. The largest absolute Gasteiger partial charge is 0.332 e. The minimum Gasteiger partial charge on any atom is -0.280 e. The molecule has 0 saturated carbocycles. The van der Waals surface area contributed by atoms with Crippen molar-refractivity contribution >= 4 is 22.8 Å². The van der Waals surface area contributed by atoms with Crippen molar-refractivity contribution in [3.63, 3.8) is 0 Å². The van der Waals surface area contributed by atoms with Crippen LogP contribution in [0.25, 0.3) is 11.0 Å². The lowest BCUT2D eigenvalue weighted by atomic mass is 9.92. The van der Waals surface area contributed by atoms with Crippen molar-refractivity contribution in [3.05, 3.63) is 26.7 Å². The van der Waals surface area contributed by atoms with Crippen LogP contribution < -0.4 is 11.2 Å². The fourth-order valence-electron chi connectivity index (χ4n) is 2.17. The third kappa shape index (κ3) is 2.88. The highest BCUT2D eigenvalue weighted by molar-refractivity contribution is 7.98. The molecular weight excluding hydrogens is 288 g/mol. The molecule has 0 aliphatic heterocycles. The van der Waals surface area contributed by atoms with E-state index in [9.17, 15) is 9.59 Å². The number of nitrogens with zero attached hydrogens (tertiary/aromatic N) is 4. The van der Waals surface area contributed by atoms with Gasteiger partial charge < -0.3 is 0 Å². The van der Waals surface area contributed by atoms with Crippen LogP contribution in [-0.2, 0) is 20.5 Å². The highest BCUT2D eigenvalue weighted by Crippen LogP contribution is 2.23. The van der Waals surface area contributed by atoms with E-state index in [1.165, 1.54) is 23.4 Å². The molecule has 2 aromatic rings. The molecule has 0 fully saturated rings. The molecule has 2 heterocycles. The Morgan fingerprint density at radius 1 is 1.10 bits per heavy atom. The zero-order chi connectivity index (χ0) is 15.9. The van der Waals surface area contributed by atoms with Gasteiger partial charge in [-0.3, -0.25) is 13.9 Å². The van der Waals surface area contributed by atoms with Gasteiger partial charge in [0.05, 0.1) is 0 Å². The molecular formula is C14H20N4O2S. The number of rotatable bonds is 2. The van der Waals surface area contributed by atoms with E-state index < -0.39 is 0 Å². The van der Waals surface area contributed by atoms with Gasteiger partial charge in [0.15, 0.2) is 5.65 Å². The number of hydrogen-bond donors (Lipinski definition) is 0. The molecule has 0 saturated heterocycles. The first-order valence-corrected chi connectivity index (χ1v) is 7.89. The minimum atomic E-state index is -0.375. The van der Waals surface area contributed by atoms with E-state index in [4.69, 9.17) is 0 Å². The lowest BCUT2D eigenvalue weighted by Gasteiger charge is -2.18. The van der Waals surface area contributed by atoms with Gasteiger partial charge in [0, 0.05) is 20.5 Å². The Kier molecular flexibility index (Phi) is 3.97. The van der Waals surface area contributed by atoms with E-state index in [0.29, 0.717) is 28.3 Å². The molecule has 7 heteroatoms. The third-order valence-corrected chi connectivity index (χ3v) is 3.88. The first-order chi connectivity index (χ1) is 9.65. The standard InChI is InChI=1S/C14H20N4O2S/c1-14(2,3)7-8-15-10-9(11(16-8)21-6)12(19)18(5)13(20)17(10)4/h7H2,1-6H3. The first-order valence-electron chi connectivity index (χ1n) is 6.66. The highest BCUT2D eigenvalue weighted by atomic mass is 32.2. The second-order valence-electron chi connectivity index (χ2n) is 6.29. The zero-order valence-electron chi connectivity index (χ0n) is 13.2. The summed E-state index contributed by atoms with van der Waals surface area (Å²) in [4.78, 5) is 33.3. The van der Waals surface area contributed by atoms with Crippen molar-refractivity contribution in [1.82, 2.24) is 19.1 Å². The van der Waals surface area contributed by atoms with Gasteiger partial charge in [-0.25, -0.2) is 14.8 Å². The number of fused-ring (bicyclic) bond motifs is 1. The van der Waals surface area contributed by atoms with Gasteiger partial charge in [-0.05, 0) is 11.7 Å². The highest BCUT2D eigenvalue weighted by Gasteiger charge is 2.19. The molecule has 6 nitrogen and oxygen atoms in total. The predicted molar refractivity (Wildman–Crippen MR) is 85.0 cm³/mol. The first kappa shape index (κ1) is 15.8. The van der Waals surface area contributed by atoms with Gasteiger partial charge in [0.1, 0.15) is 16.2 Å². The van der Waals surface area contributed by atoms with Crippen LogP contribution in [0.5, 0.6) is 0 Å². The van der Waals surface area contributed by atoms with Crippen LogP contribution >= 0.6 is 11.8 Å². The monoisotopic (exact) mass is 308 g/mol. The minimum absolute atomic E-state index is 0.0297. The van der Waals surface area contributed by atoms with Gasteiger partial charge in [0.2, 0.25) is 0 Å². The summed E-state index contributed by atoms with van der Waals surface area (Å²) in [6.07, 6.45) is 2.55. The molecule has 2 rings (SSSR count). The van der Waals surface area contributed by atoms with Crippen molar-refractivity contribution in [2.24, 2.45) is 19.5 Å². The molecule has 0 aromatic carbocycles. The quantitative estimate of drug-likeness (QED) is 0.618. The molecule has 0 spiro atoms. The van der Waals surface area contributed by atoms with Crippen LogP contribution in [0.4, 0.5) is 0 Å². The molecule has 0 N–H and O–H groups in total. The van der Waals surface area contributed by atoms with E-state index in [1.807, 2.05) is 6.26 Å². The molecule has 0 radical (unpaired) electrons. The number of thioether (sulfide) groups is 1. The van der Waals surface area contributed by atoms with E-state index >= 15 is 0 Å². The summed E-state index contributed by atoms with van der Waals surface area (Å²) in [7, 11) is 3.10. The summed E-state index contributed by atoms with van der Waals surface area (Å²) < 4.78 is 2.50. The smallest absolute Gasteiger partial charge is 0.280 e. The summed E-state index contributed by atoms with van der Waals surface area (Å²) in [5.41, 5.74) is -0.288. The number of aromatic nitrogens is 4. The van der Waals surface area contributed by atoms with Gasteiger partial charge in [-0.2, -0.15) is 0 Å². The Morgan fingerprint density at radius 2 is 1.71 bits per heavy atom. The van der Waals surface area contributed by atoms with E-state index in [0.717, 1.165) is 4.57 Å². The summed E-state index contributed by atoms with van der Waals surface area (Å²) in [5, 5.41) is 1.03. The van der Waals surface area contributed by atoms with Gasteiger partial charge in [-0.1, -0.05) is 20.8 Å². The van der Waals surface area contributed by atoms with Crippen molar-refractivity contribution < 1.29 is 0 Å². The average molecular weight is 308 g/mol. The Labute approximate surface area is 127 Å². The lowest BCUT2D eigenvalue weighted by molar-refractivity contribution is 0.399. The Morgan fingerprint density at radius 3 is 2.24 bits per heavy atom. The SMILES string of the molecule is CSc1nc(CC(C)(C)C)nc2c1c(=O)n(C)c(=O)n2C. The Balaban J connectivity index is 2.89. The Hall–Kier alpha value is -1.63. The fraction of sp³-hybridized carbons (Fsp3) is 0.571. The molecule has 21 heavy (non-hydrogen) atoms. The van der Waals surface area contributed by atoms with Crippen LogP contribution in [0.15, 0.2) is 14.6 Å². The normalized spacial score (nSPS) is 12.1. The van der Waals surface area contributed by atoms with Crippen LogP contribution in [-0.4, -0.2) is 25.4 Å². The summed E-state index contributed by atoms with van der Waals surface area (Å²) in [6, 6.07) is 0. The van der Waals surface area contributed by atoms with Gasteiger partial charge in [0.25, 0.3) is 5.56 Å². The van der Waals surface area contributed by atoms with Crippen LogP contribution in [0.1, 0.15) is 26.6 Å². The van der Waals surface area contributed by atoms with E-state index in [1.54, 1.807) is 7.05 Å². The summed E-state index contributed by atoms with van der Waals surface area (Å²) in [5.74, 6) is 0.655. The third-order valence-electron chi connectivity index (χ3n) is 3.19. The Bertz CT molecular complexity index is 815. The molecule has 0 amide bonds. The summed E-state index contributed by atoms with van der Waals surface area (Å²) in [6.45, 7) is 6.30. The molecule has 0 aliphatic rings. The maximum Gasteiger partial charge on any atom is 0.332 e. The average Bonchev–Trinajstić information content (AvgIpc) is 2.39. The van der Waals surface area contributed by atoms with Crippen LogP contribution in [0.2, 0.25) is 0 Å².